The Morgan fingerprint density at radius 2 is 1.83 bits per heavy atom. The molecule has 1 unspecified atom stereocenters. The summed E-state index contributed by atoms with van der Waals surface area (Å²) in [6, 6.07) is 0.480. The molecule has 0 aromatic rings. The van der Waals surface area contributed by atoms with E-state index >= 15 is 0 Å². The molecule has 0 bridgehead atoms. The fourth-order valence-electron chi connectivity index (χ4n) is 2.90. The number of hydrogen-bond donors (Lipinski definition) is 1. The van der Waals surface area contributed by atoms with Crippen LogP contribution in [0.25, 0.3) is 0 Å². The molecule has 0 radical (unpaired) electrons. The van der Waals surface area contributed by atoms with Crippen LogP contribution in [0.1, 0.15) is 72.1 Å². The average Bonchev–Trinajstić information content (AvgIpc) is 2.58. The second kappa shape index (κ2) is 7.78. The molecule has 1 N–H and O–H groups in total. The van der Waals surface area contributed by atoms with Crippen LogP contribution in [-0.4, -0.2) is 24.2 Å². The summed E-state index contributed by atoms with van der Waals surface area (Å²) in [5.41, 5.74) is -0.500. The van der Waals surface area contributed by atoms with Gasteiger partial charge in [-0.15, -0.1) is 0 Å². The maximum atomic E-state index is 12.1. The first-order chi connectivity index (χ1) is 8.62. The highest BCUT2D eigenvalue weighted by Crippen LogP contribution is 2.22. The molecule has 18 heavy (non-hydrogen) atoms. The quantitative estimate of drug-likeness (QED) is 0.584. The number of carbonyl (C=O) groups excluding carboxylic acids is 1. The second-order valence-corrected chi connectivity index (χ2v) is 5.64. The summed E-state index contributed by atoms with van der Waals surface area (Å²) in [6.07, 6.45) is 9.46. The highest BCUT2D eigenvalue weighted by Gasteiger charge is 2.35. The van der Waals surface area contributed by atoms with Crippen LogP contribution in [-0.2, 0) is 9.53 Å². The minimum Gasteiger partial charge on any atom is -0.465 e. The van der Waals surface area contributed by atoms with Gasteiger partial charge in [0.1, 0.15) is 5.54 Å². The van der Waals surface area contributed by atoms with Gasteiger partial charge in [-0.05, 0) is 33.1 Å². The van der Waals surface area contributed by atoms with E-state index in [4.69, 9.17) is 4.74 Å². The monoisotopic (exact) mass is 255 g/mol. The third kappa shape index (κ3) is 4.60. The van der Waals surface area contributed by atoms with Crippen molar-refractivity contribution in [3.8, 4) is 0 Å². The van der Waals surface area contributed by atoms with Crippen LogP contribution in [0.15, 0.2) is 0 Å². The van der Waals surface area contributed by atoms with Gasteiger partial charge in [0.2, 0.25) is 0 Å². The molecule has 1 rings (SSSR count). The highest BCUT2D eigenvalue weighted by atomic mass is 16.5. The van der Waals surface area contributed by atoms with Crippen molar-refractivity contribution in [1.82, 2.24) is 5.32 Å². The lowest BCUT2D eigenvalue weighted by Crippen LogP contribution is -2.54. The van der Waals surface area contributed by atoms with Crippen molar-refractivity contribution in [2.75, 3.05) is 6.61 Å². The number of hydrogen-bond acceptors (Lipinski definition) is 3. The summed E-state index contributed by atoms with van der Waals surface area (Å²) in [7, 11) is 0. The van der Waals surface area contributed by atoms with Gasteiger partial charge < -0.3 is 4.74 Å². The van der Waals surface area contributed by atoms with Crippen molar-refractivity contribution in [2.24, 2.45) is 0 Å². The second-order valence-electron chi connectivity index (χ2n) is 5.64. The zero-order valence-electron chi connectivity index (χ0n) is 12.3. The van der Waals surface area contributed by atoms with Gasteiger partial charge in [0, 0.05) is 6.04 Å². The van der Waals surface area contributed by atoms with E-state index in [1.54, 1.807) is 0 Å². The van der Waals surface area contributed by atoms with Crippen LogP contribution in [0, 0.1) is 0 Å². The molecule has 3 heteroatoms. The van der Waals surface area contributed by atoms with Crippen molar-refractivity contribution in [3.63, 3.8) is 0 Å². The molecular formula is C15H29NO2. The number of ether oxygens (including phenoxy) is 1. The van der Waals surface area contributed by atoms with E-state index in [0.29, 0.717) is 12.6 Å². The molecule has 0 spiro atoms. The van der Waals surface area contributed by atoms with Crippen LogP contribution >= 0.6 is 0 Å². The Balaban J connectivity index is 2.61. The first kappa shape index (κ1) is 15.5. The van der Waals surface area contributed by atoms with Gasteiger partial charge >= 0.3 is 5.97 Å². The van der Waals surface area contributed by atoms with E-state index in [2.05, 4.69) is 12.2 Å². The van der Waals surface area contributed by atoms with E-state index < -0.39 is 5.54 Å². The normalized spacial score (nSPS) is 21.1. The summed E-state index contributed by atoms with van der Waals surface area (Å²) in [5, 5.41) is 3.58. The molecule has 1 saturated carbocycles. The molecule has 1 atom stereocenters. The Labute approximate surface area is 112 Å². The third-order valence-electron chi connectivity index (χ3n) is 3.85. The van der Waals surface area contributed by atoms with Gasteiger partial charge in [-0.3, -0.25) is 10.1 Å². The lowest BCUT2D eigenvalue weighted by atomic mass is 9.93. The summed E-state index contributed by atoms with van der Waals surface area (Å²) in [4.78, 5) is 12.1. The molecule has 106 valence electrons. The molecule has 0 aliphatic heterocycles. The molecule has 0 heterocycles. The van der Waals surface area contributed by atoms with Crippen molar-refractivity contribution < 1.29 is 9.53 Å². The Morgan fingerprint density at radius 1 is 1.22 bits per heavy atom. The fourth-order valence-corrected chi connectivity index (χ4v) is 2.90. The lowest BCUT2D eigenvalue weighted by molar-refractivity contribution is -0.151. The zero-order chi connectivity index (χ0) is 13.4. The Morgan fingerprint density at radius 3 is 2.33 bits per heavy atom. The molecule has 3 nitrogen and oxygen atoms in total. The molecule has 0 aromatic carbocycles. The lowest BCUT2D eigenvalue weighted by Gasteiger charge is -2.32. The van der Waals surface area contributed by atoms with Crippen LogP contribution in [0.2, 0.25) is 0 Å². The third-order valence-corrected chi connectivity index (χ3v) is 3.85. The smallest absolute Gasteiger partial charge is 0.326 e. The predicted octanol–water partition coefficient (Wildman–Crippen LogP) is 3.42. The predicted molar refractivity (Wildman–Crippen MR) is 74.6 cm³/mol. The van der Waals surface area contributed by atoms with E-state index in [-0.39, 0.29) is 5.97 Å². The standard InChI is InChI=1S/C15H29NO2/c1-4-12-15(3,14(17)18-5-2)16-13-10-8-6-7-9-11-13/h13,16H,4-12H2,1-3H3. The number of rotatable bonds is 6. The van der Waals surface area contributed by atoms with Gasteiger partial charge in [-0.1, -0.05) is 39.0 Å². The maximum Gasteiger partial charge on any atom is 0.326 e. The molecule has 0 amide bonds. The summed E-state index contributed by atoms with van der Waals surface area (Å²) < 4.78 is 5.23. The van der Waals surface area contributed by atoms with Crippen molar-refractivity contribution >= 4 is 5.97 Å². The van der Waals surface area contributed by atoms with Gasteiger partial charge in [-0.25, -0.2) is 0 Å². The zero-order valence-corrected chi connectivity index (χ0v) is 12.3. The maximum absolute atomic E-state index is 12.1. The Bertz CT molecular complexity index is 247. The SMILES string of the molecule is CCCC(C)(NC1CCCCCC1)C(=O)OCC. The van der Waals surface area contributed by atoms with Crippen LogP contribution in [0.3, 0.4) is 0 Å². The molecule has 0 saturated heterocycles. The van der Waals surface area contributed by atoms with Crippen LogP contribution < -0.4 is 5.32 Å². The first-order valence-corrected chi connectivity index (χ1v) is 7.57. The van der Waals surface area contributed by atoms with E-state index in [0.717, 1.165) is 12.8 Å². The molecular weight excluding hydrogens is 226 g/mol. The minimum atomic E-state index is -0.500. The van der Waals surface area contributed by atoms with Crippen molar-refractivity contribution in [1.29, 1.82) is 0 Å². The number of esters is 1. The minimum absolute atomic E-state index is 0.0869. The topological polar surface area (TPSA) is 38.3 Å². The van der Waals surface area contributed by atoms with Crippen molar-refractivity contribution in [2.45, 2.75) is 83.7 Å². The molecule has 1 aliphatic carbocycles. The fraction of sp³-hybridized carbons (Fsp3) is 0.933. The summed E-state index contributed by atoms with van der Waals surface area (Å²) in [5.74, 6) is -0.0869. The molecule has 1 fully saturated rings. The highest BCUT2D eigenvalue weighted by molar-refractivity contribution is 5.80. The Hall–Kier alpha value is -0.570. The number of carbonyl (C=O) groups is 1. The first-order valence-electron chi connectivity index (χ1n) is 7.57. The van der Waals surface area contributed by atoms with Gasteiger partial charge in [0.05, 0.1) is 6.61 Å². The summed E-state index contributed by atoms with van der Waals surface area (Å²) in [6.45, 7) is 6.45. The molecule has 1 aliphatic rings. The van der Waals surface area contributed by atoms with E-state index in [1.807, 2.05) is 13.8 Å². The molecule has 0 aromatic heterocycles. The average molecular weight is 255 g/mol. The number of nitrogens with one attached hydrogen (secondary N) is 1. The van der Waals surface area contributed by atoms with Gasteiger partial charge in [0.15, 0.2) is 0 Å². The van der Waals surface area contributed by atoms with E-state index in [9.17, 15) is 4.79 Å². The van der Waals surface area contributed by atoms with Gasteiger partial charge in [0.25, 0.3) is 0 Å². The van der Waals surface area contributed by atoms with Gasteiger partial charge in [-0.2, -0.15) is 0 Å². The Kier molecular flexibility index (Phi) is 6.69. The van der Waals surface area contributed by atoms with E-state index in [1.165, 1.54) is 38.5 Å². The van der Waals surface area contributed by atoms with Crippen LogP contribution in [0.4, 0.5) is 0 Å². The summed E-state index contributed by atoms with van der Waals surface area (Å²) >= 11 is 0. The van der Waals surface area contributed by atoms with Crippen LogP contribution in [0.5, 0.6) is 0 Å². The van der Waals surface area contributed by atoms with Crippen molar-refractivity contribution in [3.05, 3.63) is 0 Å². The largest absolute Gasteiger partial charge is 0.465 e.